The molecule has 0 saturated heterocycles. The van der Waals surface area contributed by atoms with Crippen LogP contribution >= 0.6 is 11.6 Å². The second kappa shape index (κ2) is 6.21. The van der Waals surface area contributed by atoms with Gasteiger partial charge < -0.3 is 0 Å². The minimum atomic E-state index is 0.531. The first kappa shape index (κ1) is 13.5. The molecule has 0 spiro atoms. The highest BCUT2D eigenvalue weighted by Crippen LogP contribution is 2.13. The lowest BCUT2D eigenvalue weighted by molar-refractivity contribution is 0.187. The molecule has 0 unspecified atom stereocenters. The minimum absolute atomic E-state index is 0.531. The first-order valence-corrected chi connectivity index (χ1v) is 6.21. The summed E-state index contributed by atoms with van der Waals surface area (Å²) in [5, 5.41) is 0.762. The van der Waals surface area contributed by atoms with E-state index in [0.717, 1.165) is 23.8 Å². The Kier molecular flexibility index (Phi) is 5.23. The Morgan fingerprint density at radius 2 is 2.00 bits per heavy atom. The Labute approximate surface area is 104 Å². The normalized spacial score (nSPS) is 11.8. The molecule has 1 rings (SSSR count). The molecule has 2 nitrogen and oxygen atoms in total. The zero-order chi connectivity index (χ0) is 12.1. The second-order valence-corrected chi connectivity index (χ2v) is 5.32. The standard InChI is InChI=1S/C13H21ClN2/c1-10(2)8-16(11(3)4)9-13-7-12(14)5-6-15-13/h5-7,10-11H,8-9H2,1-4H3. The molecule has 0 saturated carbocycles. The lowest BCUT2D eigenvalue weighted by atomic mass is 10.1. The van der Waals surface area contributed by atoms with Gasteiger partial charge in [-0.2, -0.15) is 0 Å². The molecule has 16 heavy (non-hydrogen) atoms. The molecule has 1 aromatic heterocycles. The second-order valence-electron chi connectivity index (χ2n) is 4.88. The minimum Gasteiger partial charge on any atom is -0.295 e. The highest BCUT2D eigenvalue weighted by atomic mass is 35.5. The van der Waals surface area contributed by atoms with E-state index in [1.54, 1.807) is 6.20 Å². The summed E-state index contributed by atoms with van der Waals surface area (Å²) in [6, 6.07) is 4.29. The highest BCUT2D eigenvalue weighted by Gasteiger charge is 2.12. The van der Waals surface area contributed by atoms with Crippen molar-refractivity contribution in [3.8, 4) is 0 Å². The molecule has 0 amide bonds. The number of hydrogen-bond acceptors (Lipinski definition) is 2. The third-order valence-corrected chi connectivity index (χ3v) is 2.71. The van der Waals surface area contributed by atoms with Crippen molar-refractivity contribution >= 4 is 11.6 Å². The van der Waals surface area contributed by atoms with Crippen LogP contribution in [0.1, 0.15) is 33.4 Å². The maximum absolute atomic E-state index is 5.96. The Hall–Kier alpha value is -0.600. The van der Waals surface area contributed by atoms with Gasteiger partial charge in [-0.1, -0.05) is 25.4 Å². The van der Waals surface area contributed by atoms with Crippen molar-refractivity contribution < 1.29 is 0 Å². The van der Waals surface area contributed by atoms with Gasteiger partial charge >= 0.3 is 0 Å². The first-order chi connectivity index (χ1) is 7.49. The van der Waals surface area contributed by atoms with Crippen molar-refractivity contribution in [2.24, 2.45) is 5.92 Å². The molecule has 1 aromatic rings. The number of nitrogens with zero attached hydrogens (tertiary/aromatic N) is 2. The predicted molar refractivity (Wildman–Crippen MR) is 69.6 cm³/mol. The average Bonchev–Trinajstić information content (AvgIpc) is 2.15. The van der Waals surface area contributed by atoms with Gasteiger partial charge in [0, 0.05) is 30.4 Å². The van der Waals surface area contributed by atoms with Crippen LogP contribution in [0, 0.1) is 5.92 Å². The van der Waals surface area contributed by atoms with Gasteiger partial charge in [-0.25, -0.2) is 0 Å². The van der Waals surface area contributed by atoms with Crippen molar-refractivity contribution in [3.05, 3.63) is 29.0 Å². The van der Waals surface area contributed by atoms with Gasteiger partial charge in [-0.3, -0.25) is 9.88 Å². The van der Waals surface area contributed by atoms with Crippen molar-refractivity contribution in [3.63, 3.8) is 0 Å². The fourth-order valence-electron chi connectivity index (χ4n) is 1.67. The molecule has 0 fully saturated rings. The van der Waals surface area contributed by atoms with E-state index in [2.05, 4.69) is 37.6 Å². The average molecular weight is 241 g/mol. The molecule has 0 bridgehead atoms. The van der Waals surface area contributed by atoms with Gasteiger partial charge in [-0.15, -0.1) is 0 Å². The number of pyridine rings is 1. The number of hydrogen-bond donors (Lipinski definition) is 0. The van der Waals surface area contributed by atoms with Crippen LogP contribution in [-0.4, -0.2) is 22.5 Å². The fourth-order valence-corrected chi connectivity index (χ4v) is 1.85. The quantitative estimate of drug-likeness (QED) is 0.782. The van der Waals surface area contributed by atoms with E-state index in [4.69, 9.17) is 11.6 Å². The van der Waals surface area contributed by atoms with Crippen LogP contribution in [0.15, 0.2) is 18.3 Å². The van der Waals surface area contributed by atoms with Gasteiger partial charge in [0.2, 0.25) is 0 Å². The zero-order valence-corrected chi connectivity index (χ0v) is 11.3. The monoisotopic (exact) mass is 240 g/mol. The van der Waals surface area contributed by atoms with E-state index in [9.17, 15) is 0 Å². The van der Waals surface area contributed by atoms with E-state index in [1.807, 2.05) is 12.1 Å². The van der Waals surface area contributed by atoms with E-state index < -0.39 is 0 Å². The molecule has 90 valence electrons. The van der Waals surface area contributed by atoms with Gasteiger partial charge in [0.25, 0.3) is 0 Å². The summed E-state index contributed by atoms with van der Waals surface area (Å²) in [5.41, 5.74) is 1.04. The van der Waals surface area contributed by atoms with Crippen LogP contribution in [0.2, 0.25) is 5.02 Å². The largest absolute Gasteiger partial charge is 0.295 e. The lowest BCUT2D eigenvalue weighted by Crippen LogP contribution is -2.33. The zero-order valence-electron chi connectivity index (χ0n) is 10.6. The summed E-state index contributed by atoms with van der Waals surface area (Å²) in [7, 11) is 0. The molecule has 0 aliphatic heterocycles. The molecule has 0 aliphatic carbocycles. The molecular weight excluding hydrogens is 220 g/mol. The van der Waals surface area contributed by atoms with Crippen LogP contribution in [0.4, 0.5) is 0 Å². The SMILES string of the molecule is CC(C)CN(Cc1cc(Cl)ccn1)C(C)C. The van der Waals surface area contributed by atoms with Crippen LogP contribution in [-0.2, 0) is 6.54 Å². The summed E-state index contributed by atoms with van der Waals surface area (Å²) in [6.45, 7) is 10.9. The van der Waals surface area contributed by atoms with Gasteiger partial charge in [0.15, 0.2) is 0 Å². The van der Waals surface area contributed by atoms with Crippen LogP contribution in [0.3, 0.4) is 0 Å². The van der Waals surface area contributed by atoms with E-state index in [1.165, 1.54) is 0 Å². The maximum Gasteiger partial charge on any atom is 0.0558 e. The molecular formula is C13H21ClN2. The van der Waals surface area contributed by atoms with Gasteiger partial charge in [0.05, 0.1) is 5.69 Å². The third-order valence-electron chi connectivity index (χ3n) is 2.47. The molecule has 0 aliphatic rings. The molecule has 1 heterocycles. The van der Waals surface area contributed by atoms with Crippen LogP contribution < -0.4 is 0 Å². The highest BCUT2D eigenvalue weighted by molar-refractivity contribution is 6.30. The summed E-state index contributed by atoms with van der Waals surface area (Å²) in [4.78, 5) is 6.76. The molecule has 0 N–H and O–H groups in total. The first-order valence-electron chi connectivity index (χ1n) is 5.83. The summed E-state index contributed by atoms with van der Waals surface area (Å²) in [5.74, 6) is 0.668. The fraction of sp³-hybridized carbons (Fsp3) is 0.615. The summed E-state index contributed by atoms with van der Waals surface area (Å²) < 4.78 is 0. The Morgan fingerprint density at radius 3 is 2.50 bits per heavy atom. The maximum atomic E-state index is 5.96. The smallest absolute Gasteiger partial charge is 0.0558 e. The van der Waals surface area contributed by atoms with Gasteiger partial charge in [0.1, 0.15) is 0 Å². The lowest BCUT2D eigenvalue weighted by Gasteiger charge is -2.27. The Balaban J connectivity index is 2.68. The number of rotatable bonds is 5. The molecule has 0 aromatic carbocycles. The topological polar surface area (TPSA) is 16.1 Å². The van der Waals surface area contributed by atoms with Crippen molar-refractivity contribution in [2.45, 2.75) is 40.3 Å². The van der Waals surface area contributed by atoms with E-state index in [-0.39, 0.29) is 0 Å². The van der Waals surface area contributed by atoms with E-state index in [0.29, 0.717) is 12.0 Å². The Bertz CT molecular complexity index is 323. The molecule has 0 radical (unpaired) electrons. The predicted octanol–water partition coefficient (Wildman–Crippen LogP) is 3.60. The van der Waals surface area contributed by atoms with Crippen LogP contribution in [0.5, 0.6) is 0 Å². The van der Waals surface area contributed by atoms with Crippen molar-refractivity contribution in [2.75, 3.05) is 6.54 Å². The summed E-state index contributed by atoms with van der Waals surface area (Å²) >= 11 is 5.96. The van der Waals surface area contributed by atoms with Crippen LogP contribution in [0.25, 0.3) is 0 Å². The van der Waals surface area contributed by atoms with Crippen molar-refractivity contribution in [1.82, 2.24) is 9.88 Å². The van der Waals surface area contributed by atoms with Crippen molar-refractivity contribution in [1.29, 1.82) is 0 Å². The molecule has 3 heteroatoms. The molecule has 0 atom stereocenters. The summed E-state index contributed by atoms with van der Waals surface area (Å²) in [6.07, 6.45) is 1.77. The number of halogens is 1. The number of aromatic nitrogens is 1. The Morgan fingerprint density at radius 1 is 1.31 bits per heavy atom. The van der Waals surface area contributed by atoms with E-state index >= 15 is 0 Å². The van der Waals surface area contributed by atoms with Gasteiger partial charge in [-0.05, 0) is 31.9 Å². The third kappa shape index (κ3) is 4.50.